The molecule has 0 saturated carbocycles. The molecule has 0 unspecified atom stereocenters. The number of cyclic esters (lactones) is 1. The number of carbonyl (C=O) groups is 3. The normalized spacial score (nSPS) is 25.5. The molecule has 2 amide bonds. The third kappa shape index (κ3) is 4.42. The predicted octanol–water partition coefficient (Wildman–Crippen LogP) is 1.88. The van der Waals surface area contributed by atoms with Gasteiger partial charge in [0, 0.05) is 24.9 Å². The minimum Gasteiger partial charge on any atom is -0.502 e. The van der Waals surface area contributed by atoms with Gasteiger partial charge in [0.2, 0.25) is 18.4 Å². The number of likely N-dealkylation sites (tertiary alicyclic amines) is 1. The molecule has 0 radical (unpaired) electrons. The topological polar surface area (TPSA) is 136 Å². The van der Waals surface area contributed by atoms with E-state index in [0.29, 0.717) is 23.6 Å². The zero-order valence-corrected chi connectivity index (χ0v) is 23.2. The number of esters is 1. The van der Waals surface area contributed by atoms with Crippen LogP contribution >= 0.6 is 0 Å². The summed E-state index contributed by atoms with van der Waals surface area (Å²) in [5, 5.41) is 10.5. The molecule has 2 aromatic carbocycles. The monoisotopic (exact) mass is 565 g/mol. The predicted molar refractivity (Wildman–Crippen MR) is 144 cm³/mol. The molecular weight excluding hydrogens is 534 g/mol. The largest absolute Gasteiger partial charge is 0.502 e. The molecular formula is C29H31N3O9. The van der Waals surface area contributed by atoms with Crippen molar-refractivity contribution in [3.8, 4) is 28.7 Å². The Kier molecular flexibility index (Phi) is 6.72. The Hall–Kier alpha value is -4.32. The molecule has 4 aliphatic rings. The number of hydrogen-bond acceptors (Lipinski definition) is 11. The molecule has 2 aromatic rings. The van der Waals surface area contributed by atoms with Gasteiger partial charge in [0.05, 0.1) is 39.2 Å². The number of aliphatic imine (C=N–C) groups is 1. The fourth-order valence-corrected chi connectivity index (χ4v) is 6.17. The van der Waals surface area contributed by atoms with Gasteiger partial charge in [-0.25, -0.2) is 0 Å². The zero-order chi connectivity index (χ0) is 29.0. The summed E-state index contributed by atoms with van der Waals surface area (Å²) >= 11 is 0. The van der Waals surface area contributed by atoms with Crippen LogP contribution in [0.3, 0.4) is 0 Å². The number of benzene rings is 2. The quantitative estimate of drug-likeness (QED) is 0.391. The van der Waals surface area contributed by atoms with Crippen LogP contribution < -0.4 is 18.9 Å². The van der Waals surface area contributed by atoms with Crippen LogP contribution in [0.4, 0.5) is 0 Å². The van der Waals surface area contributed by atoms with Crippen molar-refractivity contribution in [3.05, 3.63) is 41.0 Å². The Morgan fingerprint density at radius 1 is 1.00 bits per heavy atom. The van der Waals surface area contributed by atoms with E-state index in [1.165, 1.54) is 19.1 Å². The standard InChI is InChI=1S/C29H31N3O9/c1-31(2)5-6-32-23(33)11-18(28(32)35)30-26-16-10-20-19(40-13-41-20)9-15(16)24(25-17(26)12-39-29(25)36)14-7-21(37-3)27(34)22(8-14)38-4/h7-10,17,24-26,34H,5-6,11-13H2,1-4H3/t17-,24+,25-,26+/m0/s1. The Labute approximate surface area is 236 Å². The lowest BCUT2D eigenvalue weighted by atomic mass is 9.65. The second-order valence-corrected chi connectivity index (χ2v) is 10.8. The fourth-order valence-electron chi connectivity index (χ4n) is 6.17. The third-order valence-electron chi connectivity index (χ3n) is 8.19. The smallest absolute Gasteiger partial charge is 0.310 e. The van der Waals surface area contributed by atoms with Gasteiger partial charge >= 0.3 is 5.97 Å². The van der Waals surface area contributed by atoms with Crippen molar-refractivity contribution < 1.29 is 43.2 Å². The molecule has 4 atom stereocenters. The number of phenols is 1. The summed E-state index contributed by atoms with van der Waals surface area (Å²) in [4.78, 5) is 47.4. The first-order valence-electron chi connectivity index (χ1n) is 13.3. The van der Waals surface area contributed by atoms with E-state index >= 15 is 0 Å². The molecule has 3 heterocycles. The van der Waals surface area contributed by atoms with Gasteiger partial charge in [-0.15, -0.1) is 0 Å². The summed E-state index contributed by atoms with van der Waals surface area (Å²) in [6, 6.07) is 6.36. The van der Waals surface area contributed by atoms with Gasteiger partial charge in [-0.3, -0.25) is 24.3 Å². The summed E-state index contributed by atoms with van der Waals surface area (Å²) < 4.78 is 27.8. The molecule has 12 nitrogen and oxygen atoms in total. The summed E-state index contributed by atoms with van der Waals surface area (Å²) in [7, 11) is 6.61. The van der Waals surface area contributed by atoms with E-state index < -0.39 is 35.7 Å². The summed E-state index contributed by atoms with van der Waals surface area (Å²) in [5.41, 5.74) is 2.30. The molecule has 1 aliphatic carbocycles. The van der Waals surface area contributed by atoms with Crippen LogP contribution in [0.25, 0.3) is 0 Å². The van der Waals surface area contributed by atoms with Crippen LogP contribution in [-0.2, 0) is 19.1 Å². The second kappa shape index (κ2) is 10.3. The third-order valence-corrected chi connectivity index (χ3v) is 8.19. The fraction of sp³-hybridized carbons (Fsp3) is 0.448. The maximum atomic E-state index is 13.3. The van der Waals surface area contributed by atoms with Crippen molar-refractivity contribution in [3.63, 3.8) is 0 Å². The number of hydrogen-bond donors (Lipinski definition) is 1. The Morgan fingerprint density at radius 2 is 1.66 bits per heavy atom. The first-order chi connectivity index (χ1) is 19.7. The van der Waals surface area contributed by atoms with Crippen LogP contribution in [-0.4, -0.2) is 93.2 Å². The van der Waals surface area contributed by atoms with E-state index in [1.54, 1.807) is 12.1 Å². The number of methoxy groups -OCH3 is 2. The average molecular weight is 566 g/mol. The van der Waals surface area contributed by atoms with Crippen molar-refractivity contribution in [2.45, 2.75) is 18.4 Å². The van der Waals surface area contributed by atoms with Crippen LogP contribution in [0.15, 0.2) is 29.3 Å². The lowest BCUT2D eigenvalue weighted by molar-refractivity contribution is -0.142. The van der Waals surface area contributed by atoms with Crippen molar-refractivity contribution in [2.75, 3.05) is 54.8 Å². The first kappa shape index (κ1) is 26.9. The molecule has 0 spiro atoms. The number of imide groups is 1. The summed E-state index contributed by atoms with van der Waals surface area (Å²) in [6.07, 6.45) is -0.107. The minimum absolute atomic E-state index is 0.0473. The van der Waals surface area contributed by atoms with Crippen molar-refractivity contribution in [1.29, 1.82) is 0 Å². The van der Waals surface area contributed by atoms with Crippen molar-refractivity contribution in [2.24, 2.45) is 16.8 Å². The number of carbonyl (C=O) groups excluding carboxylic acids is 3. The number of ether oxygens (including phenoxy) is 5. The molecule has 2 saturated heterocycles. The molecule has 3 aliphatic heterocycles. The van der Waals surface area contributed by atoms with E-state index in [-0.39, 0.29) is 55.2 Å². The number of phenolic OH excluding ortho intramolecular Hbond substituents is 1. The summed E-state index contributed by atoms with van der Waals surface area (Å²) in [6.45, 7) is 0.943. The minimum atomic E-state index is -0.673. The highest BCUT2D eigenvalue weighted by molar-refractivity contribution is 6.48. The van der Waals surface area contributed by atoms with Gasteiger partial charge in [-0.1, -0.05) is 0 Å². The lowest BCUT2D eigenvalue weighted by Crippen LogP contribution is -2.37. The second-order valence-electron chi connectivity index (χ2n) is 10.8. The van der Waals surface area contributed by atoms with Crippen molar-refractivity contribution >= 4 is 23.5 Å². The van der Waals surface area contributed by atoms with Gasteiger partial charge in [0.1, 0.15) is 5.71 Å². The highest BCUT2D eigenvalue weighted by Crippen LogP contribution is 2.56. The molecule has 2 fully saturated rings. The first-order valence-corrected chi connectivity index (χ1v) is 13.3. The van der Waals surface area contributed by atoms with E-state index in [0.717, 1.165) is 11.1 Å². The number of nitrogens with zero attached hydrogens (tertiary/aromatic N) is 3. The number of aromatic hydroxyl groups is 1. The molecule has 12 heteroatoms. The average Bonchev–Trinajstić information content (AvgIpc) is 3.64. The van der Waals surface area contributed by atoms with Gasteiger partial charge < -0.3 is 33.7 Å². The SMILES string of the molecule is COc1cc([C@@H]2c3cc4c(cc3[C@@H](N=C3CC(=O)N(CCN(C)C)C3=O)[C@H]3COC(=O)[C@H]23)OCO4)cc(OC)c1O. The highest BCUT2D eigenvalue weighted by Gasteiger charge is 2.53. The van der Waals surface area contributed by atoms with Crippen molar-refractivity contribution in [1.82, 2.24) is 9.80 Å². The molecule has 0 aromatic heterocycles. The van der Waals surface area contributed by atoms with E-state index in [2.05, 4.69) is 0 Å². The summed E-state index contributed by atoms with van der Waals surface area (Å²) in [5.74, 6) is -1.48. The molecule has 6 rings (SSSR count). The van der Waals surface area contributed by atoms with Gasteiger partial charge in [0.25, 0.3) is 5.91 Å². The van der Waals surface area contributed by atoms with Crippen LogP contribution in [0.1, 0.15) is 35.1 Å². The maximum absolute atomic E-state index is 13.3. The zero-order valence-electron chi connectivity index (χ0n) is 23.2. The molecule has 1 N–H and O–H groups in total. The molecule has 0 bridgehead atoms. The van der Waals surface area contributed by atoms with Gasteiger partial charge in [-0.2, -0.15) is 0 Å². The number of amides is 2. The number of likely N-dealkylation sites (N-methyl/N-ethyl adjacent to an activating group) is 1. The van der Waals surface area contributed by atoms with Gasteiger partial charge in [0.15, 0.2) is 23.0 Å². The Bertz CT molecular complexity index is 1440. The number of rotatable bonds is 7. The lowest BCUT2D eigenvalue weighted by Gasteiger charge is -2.37. The highest BCUT2D eigenvalue weighted by atomic mass is 16.7. The van der Waals surface area contributed by atoms with E-state index in [4.69, 9.17) is 28.7 Å². The Morgan fingerprint density at radius 3 is 2.29 bits per heavy atom. The number of fused-ring (bicyclic) bond motifs is 3. The van der Waals surface area contributed by atoms with E-state index in [1.807, 2.05) is 31.1 Å². The van der Waals surface area contributed by atoms with Crippen LogP contribution in [0, 0.1) is 11.8 Å². The molecule has 41 heavy (non-hydrogen) atoms. The maximum Gasteiger partial charge on any atom is 0.310 e. The van der Waals surface area contributed by atoms with Crippen LogP contribution in [0.5, 0.6) is 28.7 Å². The van der Waals surface area contributed by atoms with E-state index in [9.17, 15) is 19.5 Å². The van der Waals surface area contributed by atoms with Crippen LogP contribution in [0.2, 0.25) is 0 Å². The van der Waals surface area contributed by atoms with Gasteiger partial charge in [-0.05, 0) is 55.1 Å². The molecule has 216 valence electrons. The Balaban J connectivity index is 1.49.